The first-order valence-electron chi connectivity index (χ1n) is 8.59. The van der Waals surface area contributed by atoms with Gasteiger partial charge in [-0.1, -0.05) is 18.2 Å². The van der Waals surface area contributed by atoms with Crippen molar-refractivity contribution in [3.8, 4) is 0 Å². The van der Waals surface area contributed by atoms with Gasteiger partial charge in [-0.15, -0.1) is 12.4 Å². The van der Waals surface area contributed by atoms with E-state index in [1.807, 2.05) is 35.2 Å². The third-order valence-corrected chi connectivity index (χ3v) is 4.79. The van der Waals surface area contributed by atoms with Crippen LogP contribution in [-0.2, 0) is 4.79 Å². The zero-order valence-electron chi connectivity index (χ0n) is 13.9. The summed E-state index contributed by atoms with van der Waals surface area (Å²) in [6.45, 7) is 3.21. The van der Waals surface area contributed by atoms with Crippen molar-refractivity contribution in [2.24, 2.45) is 5.92 Å². The molecule has 3 rings (SSSR count). The minimum atomic E-state index is -0.0775. The van der Waals surface area contributed by atoms with Crippen LogP contribution in [0.4, 0.5) is 0 Å². The Bertz CT molecular complexity index is 546. The van der Waals surface area contributed by atoms with Gasteiger partial charge in [0.2, 0.25) is 5.91 Å². The largest absolute Gasteiger partial charge is 0.353 e. The topological polar surface area (TPSA) is 61.4 Å². The average molecular weight is 352 g/mol. The molecule has 2 aliphatic rings. The van der Waals surface area contributed by atoms with Gasteiger partial charge in [-0.3, -0.25) is 9.59 Å². The van der Waals surface area contributed by atoms with E-state index < -0.39 is 0 Å². The van der Waals surface area contributed by atoms with E-state index in [1.165, 1.54) is 0 Å². The molecule has 2 N–H and O–H groups in total. The molecule has 2 heterocycles. The number of nitrogens with one attached hydrogen (secondary N) is 2. The fourth-order valence-electron chi connectivity index (χ4n) is 3.42. The number of likely N-dealkylation sites (tertiary alicyclic amines) is 1. The van der Waals surface area contributed by atoms with Crippen LogP contribution in [0.1, 0.15) is 36.0 Å². The van der Waals surface area contributed by atoms with Crippen molar-refractivity contribution >= 4 is 24.2 Å². The van der Waals surface area contributed by atoms with E-state index >= 15 is 0 Å². The van der Waals surface area contributed by atoms with Crippen molar-refractivity contribution in [2.75, 3.05) is 26.2 Å². The lowest BCUT2D eigenvalue weighted by Crippen LogP contribution is -2.49. The lowest BCUT2D eigenvalue weighted by molar-refractivity contribution is -0.127. The molecule has 1 unspecified atom stereocenters. The van der Waals surface area contributed by atoms with Crippen LogP contribution in [0.3, 0.4) is 0 Å². The highest BCUT2D eigenvalue weighted by atomic mass is 35.5. The van der Waals surface area contributed by atoms with Gasteiger partial charge in [-0.2, -0.15) is 0 Å². The first kappa shape index (κ1) is 18.7. The Labute approximate surface area is 149 Å². The normalized spacial score (nSPS) is 21.7. The Hall–Kier alpha value is -1.59. The minimum absolute atomic E-state index is 0. The van der Waals surface area contributed by atoms with Crippen molar-refractivity contribution in [3.63, 3.8) is 0 Å². The van der Waals surface area contributed by atoms with Crippen LogP contribution in [0.15, 0.2) is 30.3 Å². The highest BCUT2D eigenvalue weighted by molar-refractivity contribution is 5.94. The predicted molar refractivity (Wildman–Crippen MR) is 96.4 cm³/mol. The minimum Gasteiger partial charge on any atom is -0.353 e. The van der Waals surface area contributed by atoms with Crippen LogP contribution in [-0.4, -0.2) is 48.9 Å². The summed E-state index contributed by atoms with van der Waals surface area (Å²) in [7, 11) is 0. The smallest absolute Gasteiger partial charge is 0.253 e. The van der Waals surface area contributed by atoms with Gasteiger partial charge >= 0.3 is 0 Å². The number of amides is 2. The third-order valence-electron chi connectivity index (χ3n) is 4.79. The van der Waals surface area contributed by atoms with Gasteiger partial charge in [-0.25, -0.2) is 0 Å². The first-order valence-corrected chi connectivity index (χ1v) is 8.59. The summed E-state index contributed by atoms with van der Waals surface area (Å²) in [5.74, 6) is 0.0683. The van der Waals surface area contributed by atoms with Crippen molar-refractivity contribution in [1.29, 1.82) is 0 Å². The molecule has 2 fully saturated rings. The molecule has 132 valence electrons. The number of hydrogen-bond donors (Lipinski definition) is 2. The van der Waals surface area contributed by atoms with Gasteiger partial charge in [0, 0.05) is 24.7 Å². The quantitative estimate of drug-likeness (QED) is 0.873. The summed E-state index contributed by atoms with van der Waals surface area (Å²) in [4.78, 5) is 26.9. The molecular formula is C18H26ClN3O2. The molecule has 0 aromatic heterocycles. The summed E-state index contributed by atoms with van der Waals surface area (Å²) in [6.07, 6.45) is 3.74. The van der Waals surface area contributed by atoms with Gasteiger partial charge in [0.1, 0.15) is 0 Å². The third kappa shape index (κ3) is 4.71. The molecule has 6 heteroatoms. The highest BCUT2D eigenvalue weighted by Gasteiger charge is 2.30. The van der Waals surface area contributed by atoms with Gasteiger partial charge in [0.15, 0.2) is 0 Å². The number of piperidine rings is 2. The summed E-state index contributed by atoms with van der Waals surface area (Å²) in [5, 5.41) is 6.47. The van der Waals surface area contributed by atoms with Crippen molar-refractivity contribution in [3.05, 3.63) is 35.9 Å². The van der Waals surface area contributed by atoms with E-state index in [-0.39, 0.29) is 36.2 Å². The maximum atomic E-state index is 12.5. The zero-order valence-corrected chi connectivity index (χ0v) is 14.7. The Morgan fingerprint density at radius 2 is 1.79 bits per heavy atom. The van der Waals surface area contributed by atoms with E-state index in [1.54, 1.807) is 0 Å². The molecule has 0 spiro atoms. The van der Waals surface area contributed by atoms with Crippen molar-refractivity contribution < 1.29 is 9.59 Å². The maximum absolute atomic E-state index is 12.5. The number of nitrogens with zero attached hydrogens (tertiary/aromatic N) is 1. The van der Waals surface area contributed by atoms with Gasteiger partial charge < -0.3 is 15.5 Å². The molecule has 0 aliphatic carbocycles. The number of carbonyl (C=O) groups excluding carboxylic acids is 2. The molecule has 2 amide bonds. The van der Waals surface area contributed by atoms with Crippen LogP contribution in [0.2, 0.25) is 0 Å². The van der Waals surface area contributed by atoms with Gasteiger partial charge in [0.05, 0.1) is 5.92 Å². The molecule has 0 radical (unpaired) electrons. The Morgan fingerprint density at radius 1 is 1.08 bits per heavy atom. The molecule has 1 atom stereocenters. The molecule has 2 aliphatic heterocycles. The van der Waals surface area contributed by atoms with Gasteiger partial charge in [0.25, 0.3) is 5.91 Å². The molecule has 1 aromatic carbocycles. The highest BCUT2D eigenvalue weighted by Crippen LogP contribution is 2.19. The van der Waals surface area contributed by atoms with Crippen molar-refractivity contribution in [1.82, 2.24) is 15.5 Å². The van der Waals surface area contributed by atoms with Crippen LogP contribution in [0.5, 0.6) is 0 Å². The van der Waals surface area contributed by atoms with E-state index in [4.69, 9.17) is 0 Å². The van der Waals surface area contributed by atoms with E-state index in [9.17, 15) is 9.59 Å². The zero-order chi connectivity index (χ0) is 16.1. The average Bonchev–Trinajstić information content (AvgIpc) is 2.63. The summed E-state index contributed by atoms with van der Waals surface area (Å²) in [5.41, 5.74) is 0.701. The van der Waals surface area contributed by atoms with Crippen LogP contribution >= 0.6 is 12.4 Å². The lowest BCUT2D eigenvalue weighted by Gasteiger charge is -2.33. The number of benzene rings is 1. The molecule has 1 aromatic rings. The maximum Gasteiger partial charge on any atom is 0.253 e. The Balaban J connectivity index is 0.00000208. The molecule has 2 saturated heterocycles. The number of hydrogen-bond acceptors (Lipinski definition) is 3. The lowest BCUT2D eigenvalue weighted by atomic mass is 9.95. The fraction of sp³-hybridized carbons (Fsp3) is 0.556. The summed E-state index contributed by atoms with van der Waals surface area (Å²) >= 11 is 0. The van der Waals surface area contributed by atoms with Gasteiger partial charge in [-0.05, 0) is 50.9 Å². The van der Waals surface area contributed by atoms with E-state index in [0.717, 1.165) is 45.3 Å². The second-order valence-electron chi connectivity index (χ2n) is 6.49. The SMILES string of the molecule is Cl.O=C(NC1CCNCC1)C1CCCN(C(=O)c2ccccc2)C1. The molecule has 0 bridgehead atoms. The number of rotatable bonds is 3. The summed E-state index contributed by atoms with van der Waals surface area (Å²) < 4.78 is 0. The standard InChI is InChI=1S/C18H25N3O2.ClH/c22-17(20-16-8-10-19-11-9-16)15-7-4-12-21(13-15)18(23)14-5-2-1-3-6-14;/h1-3,5-6,15-16,19H,4,7-13H2,(H,20,22);1H. The van der Waals surface area contributed by atoms with Crippen LogP contribution in [0.25, 0.3) is 0 Å². The molecular weight excluding hydrogens is 326 g/mol. The predicted octanol–water partition coefficient (Wildman–Crippen LogP) is 1.83. The number of halogens is 1. The monoisotopic (exact) mass is 351 g/mol. The second-order valence-corrected chi connectivity index (χ2v) is 6.49. The van der Waals surface area contributed by atoms with E-state index in [0.29, 0.717) is 12.1 Å². The molecule has 0 saturated carbocycles. The summed E-state index contributed by atoms with van der Waals surface area (Å²) in [6, 6.07) is 9.60. The Kier molecular flexibility index (Phi) is 7.06. The number of carbonyl (C=O) groups is 2. The molecule has 24 heavy (non-hydrogen) atoms. The van der Waals surface area contributed by atoms with Crippen molar-refractivity contribution in [2.45, 2.75) is 31.7 Å². The Morgan fingerprint density at radius 3 is 2.50 bits per heavy atom. The molecule has 5 nitrogen and oxygen atoms in total. The van der Waals surface area contributed by atoms with E-state index in [2.05, 4.69) is 10.6 Å². The van der Waals surface area contributed by atoms with Crippen LogP contribution < -0.4 is 10.6 Å². The van der Waals surface area contributed by atoms with Crippen LogP contribution in [0, 0.1) is 5.92 Å². The first-order chi connectivity index (χ1) is 11.2. The second kappa shape index (κ2) is 9.04. The fourth-order valence-corrected chi connectivity index (χ4v) is 3.42.